The smallest absolute Gasteiger partial charge is 0.0829 e. The first-order valence-corrected chi connectivity index (χ1v) is 7.31. The van der Waals surface area contributed by atoms with Crippen LogP contribution in [-0.4, -0.2) is 87.2 Å². The first-order chi connectivity index (χ1) is 9.15. The van der Waals surface area contributed by atoms with E-state index in [2.05, 4.69) is 23.6 Å². The van der Waals surface area contributed by atoms with Gasteiger partial charge in [-0.3, -0.25) is 9.80 Å². The second kappa shape index (κ2) is 9.66. The number of hydrogen-bond acceptors (Lipinski definition) is 5. The summed E-state index contributed by atoms with van der Waals surface area (Å²) in [5.41, 5.74) is 0. The SMILES string of the molecule is COCCN(CCO)CC1CN(CC(C)C)CCO1. The van der Waals surface area contributed by atoms with Crippen LogP contribution in [0.4, 0.5) is 0 Å². The summed E-state index contributed by atoms with van der Waals surface area (Å²) >= 11 is 0. The fourth-order valence-electron chi connectivity index (χ4n) is 2.52. The molecule has 1 N–H and O–H groups in total. The average Bonchev–Trinajstić information content (AvgIpc) is 2.36. The molecule has 0 spiro atoms. The minimum absolute atomic E-state index is 0.187. The van der Waals surface area contributed by atoms with Gasteiger partial charge in [-0.2, -0.15) is 0 Å². The van der Waals surface area contributed by atoms with E-state index in [-0.39, 0.29) is 12.7 Å². The molecule has 1 unspecified atom stereocenters. The highest BCUT2D eigenvalue weighted by Crippen LogP contribution is 2.09. The van der Waals surface area contributed by atoms with Crippen LogP contribution < -0.4 is 0 Å². The lowest BCUT2D eigenvalue weighted by Gasteiger charge is -2.36. The predicted molar refractivity (Wildman–Crippen MR) is 76.4 cm³/mol. The van der Waals surface area contributed by atoms with E-state index in [9.17, 15) is 0 Å². The number of rotatable bonds is 9. The van der Waals surface area contributed by atoms with Crippen molar-refractivity contribution < 1.29 is 14.6 Å². The number of morpholine rings is 1. The van der Waals surface area contributed by atoms with E-state index in [0.717, 1.165) is 39.3 Å². The zero-order valence-corrected chi connectivity index (χ0v) is 12.7. The second-order valence-corrected chi connectivity index (χ2v) is 5.66. The Kier molecular flexibility index (Phi) is 8.57. The van der Waals surface area contributed by atoms with Gasteiger partial charge in [-0.1, -0.05) is 13.8 Å². The number of aliphatic hydroxyl groups excluding tert-OH is 1. The minimum atomic E-state index is 0.187. The van der Waals surface area contributed by atoms with Crippen molar-refractivity contribution in [3.63, 3.8) is 0 Å². The molecule has 114 valence electrons. The standard InChI is InChI=1S/C14H30N2O3/c1-13(2)10-16-6-9-19-14(12-16)11-15(4-7-17)5-8-18-3/h13-14,17H,4-12H2,1-3H3. The van der Waals surface area contributed by atoms with Gasteiger partial charge in [0.2, 0.25) is 0 Å². The van der Waals surface area contributed by atoms with Crippen molar-refractivity contribution in [2.45, 2.75) is 20.0 Å². The third-order valence-corrected chi connectivity index (χ3v) is 3.34. The maximum atomic E-state index is 9.10. The number of hydrogen-bond donors (Lipinski definition) is 1. The van der Waals surface area contributed by atoms with Crippen molar-refractivity contribution in [1.82, 2.24) is 9.80 Å². The lowest BCUT2D eigenvalue weighted by Crippen LogP contribution is -2.49. The lowest BCUT2D eigenvalue weighted by atomic mass is 10.1. The minimum Gasteiger partial charge on any atom is -0.395 e. The summed E-state index contributed by atoms with van der Waals surface area (Å²) < 4.78 is 10.9. The molecule has 1 heterocycles. The maximum Gasteiger partial charge on any atom is 0.0829 e. The Morgan fingerprint density at radius 2 is 2.21 bits per heavy atom. The Bertz CT molecular complexity index is 227. The largest absolute Gasteiger partial charge is 0.395 e. The number of ether oxygens (including phenoxy) is 2. The zero-order valence-electron chi connectivity index (χ0n) is 12.7. The molecule has 0 aromatic carbocycles. The van der Waals surface area contributed by atoms with Gasteiger partial charge in [0.25, 0.3) is 0 Å². The molecule has 0 radical (unpaired) electrons. The molecule has 0 aliphatic carbocycles. The van der Waals surface area contributed by atoms with E-state index in [4.69, 9.17) is 14.6 Å². The number of methoxy groups -OCH3 is 1. The van der Waals surface area contributed by atoms with Crippen molar-refractivity contribution in [2.24, 2.45) is 5.92 Å². The van der Waals surface area contributed by atoms with E-state index in [1.54, 1.807) is 7.11 Å². The Hall–Kier alpha value is -0.200. The molecule has 0 bridgehead atoms. The van der Waals surface area contributed by atoms with Gasteiger partial charge in [-0.05, 0) is 5.92 Å². The summed E-state index contributed by atoms with van der Waals surface area (Å²) in [4.78, 5) is 4.69. The van der Waals surface area contributed by atoms with Crippen LogP contribution in [0.15, 0.2) is 0 Å². The van der Waals surface area contributed by atoms with Crippen LogP contribution >= 0.6 is 0 Å². The summed E-state index contributed by atoms with van der Waals surface area (Å²) in [6, 6.07) is 0. The van der Waals surface area contributed by atoms with Gasteiger partial charge in [0.1, 0.15) is 0 Å². The summed E-state index contributed by atoms with van der Waals surface area (Å²) in [6.07, 6.45) is 0.246. The predicted octanol–water partition coefficient (Wildman–Crippen LogP) is 0.284. The van der Waals surface area contributed by atoms with Gasteiger partial charge in [0, 0.05) is 46.4 Å². The van der Waals surface area contributed by atoms with Gasteiger partial charge >= 0.3 is 0 Å². The lowest BCUT2D eigenvalue weighted by molar-refractivity contribution is -0.0490. The summed E-state index contributed by atoms with van der Waals surface area (Å²) in [5, 5.41) is 9.10. The molecule has 5 heteroatoms. The molecule has 1 rings (SSSR count). The summed E-state index contributed by atoms with van der Waals surface area (Å²) in [5.74, 6) is 0.695. The highest BCUT2D eigenvalue weighted by molar-refractivity contribution is 4.75. The van der Waals surface area contributed by atoms with Crippen LogP contribution in [-0.2, 0) is 9.47 Å². The Morgan fingerprint density at radius 3 is 2.84 bits per heavy atom. The molecule has 1 saturated heterocycles. The summed E-state index contributed by atoms with van der Waals surface area (Å²) in [6.45, 7) is 11.8. The third kappa shape index (κ3) is 7.22. The Labute approximate surface area is 117 Å². The molecule has 19 heavy (non-hydrogen) atoms. The Morgan fingerprint density at radius 1 is 1.42 bits per heavy atom. The molecule has 1 aliphatic heterocycles. The average molecular weight is 274 g/mol. The van der Waals surface area contributed by atoms with E-state index in [0.29, 0.717) is 19.1 Å². The molecule has 1 atom stereocenters. The van der Waals surface area contributed by atoms with E-state index < -0.39 is 0 Å². The zero-order chi connectivity index (χ0) is 14.1. The van der Waals surface area contributed by atoms with Crippen LogP contribution in [0.3, 0.4) is 0 Å². The van der Waals surface area contributed by atoms with Crippen LogP contribution in [0.2, 0.25) is 0 Å². The molecular formula is C14H30N2O3. The highest BCUT2D eigenvalue weighted by Gasteiger charge is 2.22. The van der Waals surface area contributed by atoms with Crippen molar-refractivity contribution in [3.8, 4) is 0 Å². The molecular weight excluding hydrogens is 244 g/mol. The van der Waals surface area contributed by atoms with Crippen molar-refractivity contribution >= 4 is 0 Å². The van der Waals surface area contributed by atoms with Gasteiger partial charge in [0.05, 0.1) is 25.9 Å². The van der Waals surface area contributed by atoms with Crippen molar-refractivity contribution in [3.05, 3.63) is 0 Å². The Balaban J connectivity index is 2.35. The van der Waals surface area contributed by atoms with Crippen molar-refractivity contribution in [2.75, 3.05) is 66.2 Å². The van der Waals surface area contributed by atoms with Crippen LogP contribution in [0.1, 0.15) is 13.8 Å². The maximum absolute atomic E-state index is 9.10. The van der Waals surface area contributed by atoms with E-state index in [1.807, 2.05) is 0 Å². The van der Waals surface area contributed by atoms with Gasteiger partial charge in [-0.25, -0.2) is 0 Å². The van der Waals surface area contributed by atoms with Crippen molar-refractivity contribution in [1.29, 1.82) is 0 Å². The molecule has 0 saturated carbocycles. The number of aliphatic hydroxyl groups is 1. The molecule has 1 fully saturated rings. The van der Waals surface area contributed by atoms with E-state index in [1.165, 1.54) is 0 Å². The second-order valence-electron chi connectivity index (χ2n) is 5.66. The summed E-state index contributed by atoms with van der Waals surface area (Å²) in [7, 11) is 1.71. The first-order valence-electron chi connectivity index (χ1n) is 7.31. The van der Waals surface area contributed by atoms with Gasteiger partial charge < -0.3 is 14.6 Å². The van der Waals surface area contributed by atoms with Crippen LogP contribution in [0, 0.1) is 5.92 Å². The first kappa shape index (κ1) is 16.9. The molecule has 0 aromatic rings. The molecule has 0 amide bonds. The molecule has 0 aromatic heterocycles. The fraction of sp³-hybridized carbons (Fsp3) is 1.00. The quantitative estimate of drug-likeness (QED) is 0.654. The molecule has 1 aliphatic rings. The third-order valence-electron chi connectivity index (χ3n) is 3.34. The number of nitrogens with zero attached hydrogens (tertiary/aromatic N) is 2. The highest BCUT2D eigenvalue weighted by atomic mass is 16.5. The van der Waals surface area contributed by atoms with Crippen LogP contribution in [0.5, 0.6) is 0 Å². The normalized spacial score (nSPS) is 21.5. The van der Waals surface area contributed by atoms with Gasteiger partial charge in [-0.15, -0.1) is 0 Å². The fourth-order valence-corrected chi connectivity index (χ4v) is 2.52. The monoisotopic (exact) mass is 274 g/mol. The molecule has 5 nitrogen and oxygen atoms in total. The van der Waals surface area contributed by atoms with Crippen LogP contribution in [0.25, 0.3) is 0 Å². The topological polar surface area (TPSA) is 45.2 Å². The van der Waals surface area contributed by atoms with Gasteiger partial charge in [0.15, 0.2) is 0 Å². The van der Waals surface area contributed by atoms with E-state index >= 15 is 0 Å².